The van der Waals surface area contributed by atoms with Crippen LogP contribution in [0.1, 0.15) is 22.8 Å². The van der Waals surface area contributed by atoms with Gasteiger partial charge in [0.2, 0.25) is 0 Å². The lowest BCUT2D eigenvalue weighted by Gasteiger charge is -2.07. The average Bonchev–Trinajstić information content (AvgIpc) is 2.52. The Hall–Kier alpha value is -2.69. The number of ether oxygens (including phenoxy) is 1. The molecule has 0 fully saturated rings. The SMILES string of the molecule is CCc1cccc(OC(=O)CNC(=O)c2cccc(F)c2)c1. The maximum absolute atomic E-state index is 13.0. The number of hydrogen-bond acceptors (Lipinski definition) is 3. The Morgan fingerprint density at radius 1 is 1.14 bits per heavy atom. The van der Waals surface area contributed by atoms with Crippen LogP contribution in [0, 0.1) is 5.82 Å². The van der Waals surface area contributed by atoms with Gasteiger partial charge >= 0.3 is 5.97 Å². The van der Waals surface area contributed by atoms with Gasteiger partial charge in [0.15, 0.2) is 0 Å². The van der Waals surface area contributed by atoms with Crippen LogP contribution in [0.25, 0.3) is 0 Å². The fourth-order valence-electron chi connectivity index (χ4n) is 1.88. The van der Waals surface area contributed by atoms with E-state index in [4.69, 9.17) is 4.74 Å². The third-order valence-electron chi connectivity index (χ3n) is 3.02. The summed E-state index contributed by atoms with van der Waals surface area (Å²) < 4.78 is 18.2. The first-order valence-electron chi connectivity index (χ1n) is 6.92. The molecule has 0 aliphatic heterocycles. The minimum absolute atomic E-state index is 0.154. The summed E-state index contributed by atoms with van der Waals surface area (Å²) in [6, 6.07) is 12.4. The van der Waals surface area contributed by atoms with Gasteiger partial charge in [0, 0.05) is 5.56 Å². The van der Waals surface area contributed by atoms with Gasteiger partial charge in [-0.1, -0.05) is 25.1 Å². The van der Waals surface area contributed by atoms with Gasteiger partial charge in [0.05, 0.1) is 0 Å². The minimum atomic E-state index is -0.585. The fourth-order valence-corrected chi connectivity index (χ4v) is 1.88. The number of benzene rings is 2. The third kappa shape index (κ3) is 4.41. The van der Waals surface area contributed by atoms with Crippen molar-refractivity contribution in [3.8, 4) is 5.75 Å². The zero-order chi connectivity index (χ0) is 15.9. The minimum Gasteiger partial charge on any atom is -0.425 e. The first-order chi connectivity index (χ1) is 10.6. The molecule has 0 aliphatic carbocycles. The third-order valence-corrected chi connectivity index (χ3v) is 3.02. The number of amides is 1. The number of hydrogen-bond donors (Lipinski definition) is 1. The second-order valence-electron chi connectivity index (χ2n) is 4.67. The highest BCUT2D eigenvalue weighted by molar-refractivity contribution is 5.96. The molecule has 0 atom stereocenters. The highest BCUT2D eigenvalue weighted by Gasteiger charge is 2.10. The van der Waals surface area contributed by atoms with Crippen molar-refractivity contribution < 1.29 is 18.7 Å². The highest BCUT2D eigenvalue weighted by atomic mass is 19.1. The molecule has 0 aromatic heterocycles. The largest absolute Gasteiger partial charge is 0.425 e. The molecule has 0 heterocycles. The van der Waals surface area contributed by atoms with Crippen molar-refractivity contribution in [2.24, 2.45) is 0 Å². The van der Waals surface area contributed by atoms with Crippen LogP contribution in [0.15, 0.2) is 48.5 Å². The van der Waals surface area contributed by atoms with Crippen LogP contribution in [-0.2, 0) is 11.2 Å². The number of aryl methyl sites for hydroxylation is 1. The predicted octanol–water partition coefficient (Wildman–Crippen LogP) is 2.72. The number of rotatable bonds is 5. The number of esters is 1. The monoisotopic (exact) mass is 301 g/mol. The molecule has 0 bridgehead atoms. The van der Waals surface area contributed by atoms with Crippen LogP contribution < -0.4 is 10.1 Å². The second-order valence-corrected chi connectivity index (χ2v) is 4.67. The van der Waals surface area contributed by atoms with Gasteiger partial charge in [-0.2, -0.15) is 0 Å². The lowest BCUT2D eigenvalue weighted by molar-refractivity contribution is -0.133. The molecular weight excluding hydrogens is 285 g/mol. The topological polar surface area (TPSA) is 55.4 Å². The quantitative estimate of drug-likeness (QED) is 0.682. The number of carbonyl (C=O) groups excluding carboxylic acids is 2. The van der Waals surface area contributed by atoms with Crippen LogP contribution in [-0.4, -0.2) is 18.4 Å². The molecule has 22 heavy (non-hydrogen) atoms. The van der Waals surface area contributed by atoms with E-state index in [0.717, 1.165) is 18.1 Å². The van der Waals surface area contributed by atoms with Crippen molar-refractivity contribution in [2.75, 3.05) is 6.54 Å². The van der Waals surface area contributed by atoms with Gasteiger partial charge < -0.3 is 10.1 Å². The van der Waals surface area contributed by atoms with Crippen LogP contribution in [0.4, 0.5) is 4.39 Å². The van der Waals surface area contributed by atoms with Crippen LogP contribution in [0.2, 0.25) is 0 Å². The fraction of sp³-hybridized carbons (Fsp3) is 0.176. The van der Waals surface area contributed by atoms with Gasteiger partial charge in [-0.05, 0) is 42.3 Å². The summed E-state index contributed by atoms with van der Waals surface area (Å²) >= 11 is 0. The van der Waals surface area contributed by atoms with Crippen molar-refractivity contribution in [1.29, 1.82) is 0 Å². The molecule has 0 saturated heterocycles. The van der Waals surface area contributed by atoms with Gasteiger partial charge in [-0.3, -0.25) is 4.79 Å². The van der Waals surface area contributed by atoms with E-state index in [1.165, 1.54) is 18.2 Å². The lowest BCUT2D eigenvalue weighted by Crippen LogP contribution is -2.31. The van der Waals surface area contributed by atoms with E-state index in [0.29, 0.717) is 5.75 Å². The number of carbonyl (C=O) groups is 2. The Kier molecular flexibility index (Phi) is 5.25. The Labute approximate surface area is 127 Å². The maximum Gasteiger partial charge on any atom is 0.330 e. The van der Waals surface area contributed by atoms with E-state index in [2.05, 4.69) is 5.32 Å². The summed E-state index contributed by atoms with van der Waals surface area (Å²) in [7, 11) is 0. The molecule has 2 aromatic rings. The highest BCUT2D eigenvalue weighted by Crippen LogP contribution is 2.13. The summed E-state index contributed by atoms with van der Waals surface area (Å²) in [6.45, 7) is 1.71. The van der Waals surface area contributed by atoms with Crippen LogP contribution in [0.3, 0.4) is 0 Å². The first kappa shape index (κ1) is 15.7. The van der Waals surface area contributed by atoms with Crippen molar-refractivity contribution >= 4 is 11.9 Å². The Balaban J connectivity index is 1.88. The van der Waals surface area contributed by atoms with Gasteiger partial charge in [0.1, 0.15) is 18.1 Å². The molecule has 5 heteroatoms. The predicted molar refractivity (Wildman–Crippen MR) is 80.2 cm³/mol. The van der Waals surface area contributed by atoms with E-state index in [1.807, 2.05) is 13.0 Å². The van der Waals surface area contributed by atoms with Crippen LogP contribution in [0.5, 0.6) is 5.75 Å². The molecule has 2 aromatic carbocycles. The molecule has 2 rings (SSSR count). The maximum atomic E-state index is 13.0. The van der Waals surface area contributed by atoms with E-state index >= 15 is 0 Å². The Morgan fingerprint density at radius 2 is 1.91 bits per heavy atom. The Bertz CT molecular complexity index is 685. The van der Waals surface area contributed by atoms with E-state index in [-0.39, 0.29) is 12.1 Å². The molecular formula is C17H16FNO3. The normalized spacial score (nSPS) is 10.1. The molecule has 0 radical (unpaired) electrons. The number of halogens is 1. The molecule has 0 spiro atoms. The van der Waals surface area contributed by atoms with Gasteiger partial charge in [-0.25, -0.2) is 9.18 Å². The van der Waals surface area contributed by atoms with Crippen molar-refractivity contribution in [2.45, 2.75) is 13.3 Å². The molecule has 0 aliphatic rings. The van der Waals surface area contributed by atoms with Gasteiger partial charge in [-0.15, -0.1) is 0 Å². The molecule has 0 unspecified atom stereocenters. The molecule has 1 amide bonds. The zero-order valence-corrected chi connectivity index (χ0v) is 12.1. The van der Waals surface area contributed by atoms with Crippen molar-refractivity contribution in [1.82, 2.24) is 5.32 Å². The zero-order valence-electron chi connectivity index (χ0n) is 12.1. The molecule has 114 valence electrons. The summed E-state index contributed by atoms with van der Waals surface area (Å²) in [6.07, 6.45) is 0.835. The lowest BCUT2D eigenvalue weighted by atomic mass is 10.2. The summed E-state index contributed by atoms with van der Waals surface area (Å²) in [5.74, 6) is -1.19. The molecule has 1 N–H and O–H groups in total. The van der Waals surface area contributed by atoms with E-state index in [1.54, 1.807) is 18.2 Å². The smallest absolute Gasteiger partial charge is 0.330 e. The second kappa shape index (κ2) is 7.36. The Morgan fingerprint density at radius 3 is 2.64 bits per heavy atom. The van der Waals surface area contributed by atoms with E-state index < -0.39 is 17.7 Å². The van der Waals surface area contributed by atoms with Crippen LogP contribution >= 0.6 is 0 Å². The first-order valence-corrected chi connectivity index (χ1v) is 6.92. The molecule has 0 saturated carbocycles. The summed E-state index contributed by atoms with van der Waals surface area (Å²) in [5.41, 5.74) is 1.20. The molecule has 4 nitrogen and oxygen atoms in total. The number of nitrogens with one attached hydrogen (secondary N) is 1. The summed E-state index contributed by atoms with van der Waals surface area (Å²) in [4.78, 5) is 23.5. The van der Waals surface area contributed by atoms with Crippen molar-refractivity contribution in [3.63, 3.8) is 0 Å². The van der Waals surface area contributed by atoms with Gasteiger partial charge in [0.25, 0.3) is 5.91 Å². The average molecular weight is 301 g/mol. The summed E-state index contributed by atoms with van der Waals surface area (Å²) in [5, 5.41) is 2.39. The standard InChI is InChI=1S/C17H16FNO3/c1-2-12-5-3-8-15(9-12)22-16(20)11-19-17(21)13-6-4-7-14(18)10-13/h3-10H,2,11H2,1H3,(H,19,21). The van der Waals surface area contributed by atoms with E-state index in [9.17, 15) is 14.0 Å². The van der Waals surface area contributed by atoms with Crippen molar-refractivity contribution in [3.05, 3.63) is 65.5 Å².